The van der Waals surface area contributed by atoms with E-state index in [0.717, 1.165) is 21.4 Å². The van der Waals surface area contributed by atoms with Crippen LogP contribution in [0.1, 0.15) is 44.7 Å². The summed E-state index contributed by atoms with van der Waals surface area (Å²) in [5, 5.41) is 8.91. The standard InChI is InChI=1S/C18H19N3O2S2/c1-11(17-10-25-13(3)21-17)19-18(22)14-5-4-6-16(7-14)23-8-15-9-24-12(2)20-15/h4-7,9-11H,8H2,1-3H3,(H,19,22). The molecular formula is C18H19N3O2S2. The Morgan fingerprint density at radius 2 is 1.96 bits per heavy atom. The third-order valence-electron chi connectivity index (χ3n) is 3.58. The van der Waals surface area contributed by atoms with Gasteiger partial charge >= 0.3 is 0 Å². The van der Waals surface area contributed by atoms with Crippen molar-refractivity contribution in [3.63, 3.8) is 0 Å². The SMILES string of the molecule is Cc1nc(COc2cccc(C(=O)NC(C)c3csc(C)n3)c2)cs1. The number of nitrogens with zero attached hydrogens (tertiary/aromatic N) is 2. The molecule has 0 aliphatic rings. The van der Waals surface area contributed by atoms with Crippen molar-refractivity contribution in [3.05, 3.63) is 62.0 Å². The van der Waals surface area contributed by atoms with Crippen molar-refractivity contribution >= 4 is 28.6 Å². The van der Waals surface area contributed by atoms with E-state index in [2.05, 4.69) is 15.3 Å². The van der Waals surface area contributed by atoms with E-state index in [0.29, 0.717) is 17.9 Å². The number of rotatable bonds is 6. The Labute approximate surface area is 154 Å². The molecule has 25 heavy (non-hydrogen) atoms. The van der Waals surface area contributed by atoms with Crippen LogP contribution in [-0.2, 0) is 6.61 Å². The van der Waals surface area contributed by atoms with Crippen LogP contribution in [0.3, 0.4) is 0 Å². The number of thiazole rings is 2. The summed E-state index contributed by atoms with van der Waals surface area (Å²) in [7, 11) is 0. The van der Waals surface area contributed by atoms with Crippen LogP contribution in [0, 0.1) is 13.8 Å². The normalized spacial score (nSPS) is 12.0. The minimum atomic E-state index is -0.145. The summed E-state index contributed by atoms with van der Waals surface area (Å²) in [5.74, 6) is 0.503. The number of carbonyl (C=O) groups excluding carboxylic acids is 1. The van der Waals surface area contributed by atoms with Crippen LogP contribution in [0.4, 0.5) is 0 Å². The lowest BCUT2D eigenvalue weighted by atomic mass is 10.1. The highest BCUT2D eigenvalue weighted by Gasteiger charge is 2.14. The van der Waals surface area contributed by atoms with Gasteiger partial charge in [0.2, 0.25) is 0 Å². The fourth-order valence-corrected chi connectivity index (χ4v) is 3.60. The number of nitrogens with one attached hydrogen (secondary N) is 1. The van der Waals surface area contributed by atoms with Crippen LogP contribution in [0.15, 0.2) is 35.0 Å². The van der Waals surface area contributed by atoms with Gasteiger partial charge in [0.05, 0.1) is 27.4 Å². The zero-order valence-electron chi connectivity index (χ0n) is 14.3. The van der Waals surface area contributed by atoms with Crippen molar-refractivity contribution in [2.75, 3.05) is 0 Å². The Balaban J connectivity index is 1.62. The average molecular weight is 374 g/mol. The van der Waals surface area contributed by atoms with Crippen LogP contribution in [-0.4, -0.2) is 15.9 Å². The number of carbonyl (C=O) groups is 1. The van der Waals surface area contributed by atoms with Gasteiger partial charge in [-0.15, -0.1) is 22.7 Å². The number of hydrogen-bond acceptors (Lipinski definition) is 6. The minimum Gasteiger partial charge on any atom is -0.487 e. The van der Waals surface area contributed by atoms with Gasteiger partial charge in [0, 0.05) is 16.3 Å². The molecule has 0 bridgehead atoms. The quantitative estimate of drug-likeness (QED) is 0.700. The van der Waals surface area contributed by atoms with Gasteiger partial charge in [-0.2, -0.15) is 0 Å². The first-order chi connectivity index (χ1) is 12.0. The van der Waals surface area contributed by atoms with Crippen molar-refractivity contribution in [1.29, 1.82) is 0 Å². The number of ether oxygens (including phenoxy) is 1. The number of aromatic nitrogens is 2. The molecule has 1 N–H and O–H groups in total. The lowest BCUT2D eigenvalue weighted by molar-refractivity contribution is 0.0938. The van der Waals surface area contributed by atoms with Crippen LogP contribution in [0.2, 0.25) is 0 Å². The first kappa shape index (κ1) is 17.6. The Morgan fingerprint density at radius 3 is 2.64 bits per heavy atom. The fourth-order valence-electron chi connectivity index (χ4n) is 2.29. The molecule has 0 fully saturated rings. The molecule has 1 atom stereocenters. The second kappa shape index (κ2) is 7.76. The summed E-state index contributed by atoms with van der Waals surface area (Å²) in [6.45, 7) is 6.23. The summed E-state index contributed by atoms with van der Waals surface area (Å²) in [5.41, 5.74) is 2.33. The van der Waals surface area contributed by atoms with E-state index in [-0.39, 0.29) is 11.9 Å². The lowest BCUT2D eigenvalue weighted by Gasteiger charge is -2.12. The van der Waals surface area contributed by atoms with Crippen molar-refractivity contribution < 1.29 is 9.53 Å². The van der Waals surface area contributed by atoms with Crippen molar-refractivity contribution in [3.8, 4) is 5.75 Å². The molecule has 1 aromatic carbocycles. The molecule has 5 nitrogen and oxygen atoms in total. The summed E-state index contributed by atoms with van der Waals surface area (Å²) in [6, 6.07) is 7.03. The van der Waals surface area contributed by atoms with Gasteiger partial charge in [0.1, 0.15) is 12.4 Å². The largest absolute Gasteiger partial charge is 0.487 e. The molecule has 0 aliphatic carbocycles. The molecule has 2 aromatic heterocycles. The average Bonchev–Trinajstić information content (AvgIpc) is 3.21. The molecule has 1 unspecified atom stereocenters. The van der Waals surface area contributed by atoms with Gasteiger partial charge in [-0.1, -0.05) is 6.07 Å². The van der Waals surface area contributed by atoms with E-state index in [1.165, 1.54) is 0 Å². The van der Waals surface area contributed by atoms with Crippen LogP contribution in [0.25, 0.3) is 0 Å². The number of amides is 1. The second-order valence-electron chi connectivity index (χ2n) is 5.66. The zero-order chi connectivity index (χ0) is 17.8. The minimum absolute atomic E-state index is 0.139. The molecule has 2 heterocycles. The molecule has 0 spiro atoms. The summed E-state index contributed by atoms with van der Waals surface area (Å²) >= 11 is 3.17. The van der Waals surface area contributed by atoms with Crippen molar-refractivity contribution in [2.24, 2.45) is 0 Å². The summed E-state index contributed by atoms with van der Waals surface area (Å²) < 4.78 is 5.74. The molecule has 0 saturated heterocycles. The third kappa shape index (κ3) is 4.64. The number of hydrogen-bond donors (Lipinski definition) is 1. The maximum absolute atomic E-state index is 12.5. The molecule has 0 aliphatic heterocycles. The second-order valence-corrected chi connectivity index (χ2v) is 7.79. The van der Waals surface area contributed by atoms with Gasteiger partial charge in [0.15, 0.2) is 0 Å². The molecule has 1 amide bonds. The van der Waals surface area contributed by atoms with E-state index in [1.54, 1.807) is 34.8 Å². The molecule has 130 valence electrons. The van der Waals surface area contributed by atoms with Gasteiger partial charge < -0.3 is 10.1 Å². The maximum Gasteiger partial charge on any atom is 0.251 e. The Kier molecular flexibility index (Phi) is 5.45. The van der Waals surface area contributed by atoms with E-state index in [4.69, 9.17) is 4.74 Å². The van der Waals surface area contributed by atoms with Crippen LogP contribution >= 0.6 is 22.7 Å². The predicted octanol–water partition coefficient (Wildman–Crippen LogP) is 4.29. The lowest BCUT2D eigenvalue weighted by Crippen LogP contribution is -2.26. The van der Waals surface area contributed by atoms with Gasteiger partial charge in [-0.3, -0.25) is 4.79 Å². The van der Waals surface area contributed by atoms with Crippen molar-refractivity contribution in [1.82, 2.24) is 15.3 Å². The zero-order valence-corrected chi connectivity index (χ0v) is 15.9. The van der Waals surface area contributed by atoms with Crippen LogP contribution in [0.5, 0.6) is 5.75 Å². The summed E-state index contributed by atoms with van der Waals surface area (Å²) in [4.78, 5) is 21.2. The number of aryl methyl sites for hydroxylation is 2. The Hall–Kier alpha value is -2.25. The van der Waals surface area contributed by atoms with E-state index in [1.807, 2.05) is 43.7 Å². The van der Waals surface area contributed by atoms with E-state index < -0.39 is 0 Å². The third-order valence-corrected chi connectivity index (χ3v) is 5.19. The van der Waals surface area contributed by atoms with Gasteiger partial charge in [-0.05, 0) is 39.0 Å². The molecular weight excluding hydrogens is 354 g/mol. The fraction of sp³-hybridized carbons (Fsp3) is 0.278. The Bertz CT molecular complexity index is 873. The highest BCUT2D eigenvalue weighted by Crippen LogP contribution is 2.19. The molecule has 3 rings (SSSR count). The summed E-state index contributed by atoms with van der Waals surface area (Å²) in [6.07, 6.45) is 0. The first-order valence-electron chi connectivity index (χ1n) is 7.88. The van der Waals surface area contributed by atoms with Crippen molar-refractivity contribution in [2.45, 2.75) is 33.4 Å². The number of benzene rings is 1. The first-order valence-corrected chi connectivity index (χ1v) is 9.64. The predicted molar refractivity (Wildman–Crippen MR) is 100 cm³/mol. The Morgan fingerprint density at radius 1 is 1.20 bits per heavy atom. The maximum atomic E-state index is 12.5. The van der Waals surface area contributed by atoms with E-state index in [9.17, 15) is 4.79 Å². The highest BCUT2D eigenvalue weighted by atomic mass is 32.1. The highest BCUT2D eigenvalue weighted by molar-refractivity contribution is 7.09. The topological polar surface area (TPSA) is 64.1 Å². The van der Waals surface area contributed by atoms with Gasteiger partial charge in [-0.25, -0.2) is 9.97 Å². The van der Waals surface area contributed by atoms with Crippen LogP contribution < -0.4 is 10.1 Å². The molecule has 0 saturated carbocycles. The molecule has 0 radical (unpaired) electrons. The molecule has 7 heteroatoms. The molecule has 3 aromatic rings. The van der Waals surface area contributed by atoms with Gasteiger partial charge in [0.25, 0.3) is 5.91 Å². The smallest absolute Gasteiger partial charge is 0.251 e. The van der Waals surface area contributed by atoms with E-state index >= 15 is 0 Å². The monoisotopic (exact) mass is 373 g/mol.